The SMILES string of the molecule is CCC(NS(=O)(=O)c1ccc(N)cc1C#N)c1cccs1. The number of nitrogens with two attached hydrogens (primary N) is 1. The molecule has 3 N–H and O–H groups in total. The number of benzene rings is 1. The van der Waals surface area contributed by atoms with Crippen molar-refractivity contribution in [1.29, 1.82) is 5.26 Å². The topological polar surface area (TPSA) is 96.0 Å². The third-order valence-electron chi connectivity index (χ3n) is 3.01. The van der Waals surface area contributed by atoms with Crippen LogP contribution in [-0.4, -0.2) is 8.42 Å². The highest BCUT2D eigenvalue weighted by Crippen LogP contribution is 2.25. The molecule has 1 aromatic carbocycles. The smallest absolute Gasteiger partial charge is 0.242 e. The number of nitrogens with zero attached hydrogens (tertiary/aromatic N) is 1. The Morgan fingerprint density at radius 3 is 2.76 bits per heavy atom. The molecule has 7 heteroatoms. The van der Waals surface area contributed by atoms with Crippen molar-refractivity contribution in [3.05, 3.63) is 46.2 Å². The van der Waals surface area contributed by atoms with Crippen LogP contribution in [0.2, 0.25) is 0 Å². The van der Waals surface area contributed by atoms with Crippen molar-refractivity contribution >= 4 is 27.0 Å². The highest BCUT2D eigenvalue weighted by Gasteiger charge is 2.23. The highest BCUT2D eigenvalue weighted by molar-refractivity contribution is 7.89. The van der Waals surface area contributed by atoms with Gasteiger partial charge in [-0.15, -0.1) is 11.3 Å². The predicted molar refractivity (Wildman–Crippen MR) is 83.2 cm³/mol. The normalized spacial score (nSPS) is 12.8. The second kappa shape index (κ2) is 6.26. The van der Waals surface area contributed by atoms with Crippen LogP contribution in [0.1, 0.15) is 29.8 Å². The van der Waals surface area contributed by atoms with E-state index in [0.717, 1.165) is 4.88 Å². The molecule has 2 rings (SSSR count). The number of hydrogen-bond donors (Lipinski definition) is 2. The Morgan fingerprint density at radius 1 is 1.43 bits per heavy atom. The van der Waals surface area contributed by atoms with Crippen molar-refractivity contribution in [2.24, 2.45) is 0 Å². The summed E-state index contributed by atoms with van der Waals surface area (Å²) in [4.78, 5) is 0.893. The summed E-state index contributed by atoms with van der Waals surface area (Å²) in [6.07, 6.45) is 0.622. The Balaban J connectivity index is 2.37. The Kier molecular flexibility index (Phi) is 4.63. The largest absolute Gasteiger partial charge is 0.399 e. The fraction of sp³-hybridized carbons (Fsp3) is 0.214. The first kappa shape index (κ1) is 15.5. The van der Waals surface area contributed by atoms with Crippen LogP contribution in [0, 0.1) is 11.3 Å². The lowest BCUT2D eigenvalue weighted by Gasteiger charge is -2.16. The molecule has 1 aromatic heterocycles. The number of nitrogens with one attached hydrogen (secondary N) is 1. The molecule has 1 heterocycles. The third-order valence-corrected chi connectivity index (χ3v) is 5.52. The van der Waals surface area contributed by atoms with Gasteiger partial charge in [-0.1, -0.05) is 13.0 Å². The van der Waals surface area contributed by atoms with Crippen LogP contribution in [0.25, 0.3) is 0 Å². The van der Waals surface area contributed by atoms with Crippen molar-refractivity contribution < 1.29 is 8.42 Å². The molecule has 0 saturated heterocycles. The number of anilines is 1. The van der Waals surface area contributed by atoms with Gasteiger partial charge < -0.3 is 5.73 Å². The molecule has 0 amide bonds. The molecule has 2 aromatic rings. The quantitative estimate of drug-likeness (QED) is 0.827. The van der Waals surface area contributed by atoms with Gasteiger partial charge in [0.2, 0.25) is 10.0 Å². The van der Waals surface area contributed by atoms with Crippen LogP contribution in [0.3, 0.4) is 0 Å². The fourth-order valence-corrected chi connectivity index (χ4v) is 4.32. The van der Waals surface area contributed by atoms with Gasteiger partial charge in [-0.2, -0.15) is 5.26 Å². The molecule has 0 fully saturated rings. The molecule has 1 atom stereocenters. The minimum Gasteiger partial charge on any atom is -0.399 e. The molecule has 0 bridgehead atoms. The summed E-state index contributed by atoms with van der Waals surface area (Å²) < 4.78 is 27.6. The van der Waals surface area contributed by atoms with E-state index in [2.05, 4.69) is 4.72 Å². The van der Waals surface area contributed by atoms with Gasteiger partial charge in [-0.3, -0.25) is 0 Å². The van der Waals surface area contributed by atoms with E-state index in [0.29, 0.717) is 12.1 Å². The molecule has 1 unspecified atom stereocenters. The maximum Gasteiger partial charge on any atom is 0.242 e. The van der Waals surface area contributed by atoms with Gasteiger partial charge in [0.05, 0.1) is 16.5 Å². The second-order valence-electron chi connectivity index (χ2n) is 4.46. The molecule has 0 aliphatic carbocycles. The zero-order chi connectivity index (χ0) is 15.5. The monoisotopic (exact) mass is 321 g/mol. The zero-order valence-corrected chi connectivity index (χ0v) is 13.0. The summed E-state index contributed by atoms with van der Waals surface area (Å²) in [5, 5.41) is 11.0. The first-order chi connectivity index (χ1) is 9.97. The van der Waals surface area contributed by atoms with Gasteiger partial charge in [0.1, 0.15) is 6.07 Å². The minimum atomic E-state index is -3.78. The number of nitriles is 1. The summed E-state index contributed by atoms with van der Waals surface area (Å²) in [6, 6.07) is 9.52. The van der Waals surface area contributed by atoms with E-state index in [1.54, 1.807) is 0 Å². The summed E-state index contributed by atoms with van der Waals surface area (Å²) in [7, 11) is -3.78. The van der Waals surface area contributed by atoms with Crippen LogP contribution >= 0.6 is 11.3 Å². The van der Waals surface area contributed by atoms with Gasteiger partial charge in [0.15, 0.2) is 0 Å². The van der Waals surface area contributed by atoms with E-state index in [4.69, 9.17) is 11.0 Å². The summed E-state index contributed by atoms with van der Waals surface area (Å²) >= 11 is 1.49. The molecule has 21 heavy (non-hydrogen) atoms. The van der Waals surface area contributed by atoms with Crippen LogP contribution in [0.5, 0.6) is 0 Å². The second-order valence-corrected chi connectivity index (χ2v) is 7.13. The summed E-state index contributed by atoms with van der Waals surface area (Å²) in [5.74, 6) is 0. The molecule has 5 nitrogen and oxygen atoms in total. The van der Waals surface area contributed by atoms with E-state index in [1.165, 1.54) is 29.5 Å². The van der Waals surface area contributed by atoms with Crippen molar-refractivity contribution in [3.8, 4) is 6.07 Å². The Labute approximate surface area is 128 Å². The highest BCUT2D eigenvalue weighted by atomic mass is 32.2. The van der Waals surface area contributed by atoms with Crippen molar-refractivity contribution in [2.45, 2.75) is 24.3 Å². The van der Waals surface area contributed by atoms with Crippen LogP contribution in [0.15, 0.2) is 40.6 Å². The maximum atomic E-state index is 12.5. The summed E-state index contributed by atoms with van der Waals surface area (Å²) in [6.45, 7) is 1.90. The van der Waals surface area contributed by atoms with Gasteiger partial charge in [-0.25, -0.2) is 13.1 Å². The van der Waals surface area contributed by atoms with Crippen molar-refractivity contribution in [2.75, 3.05) is 5.73 Å². The first-order valence-electron chi connectivity index (χ1n) is 6.33. The Hall–Kier alpha value is -1.88. The van der Waals surface area contributed by atoms with Gasteiger partial charge in [-0.05, 0) is 36.1 Å². The molecule has 0 aliphatic rings. The third kappa shape index (κ3) is 3.42. The zero-order valence-electron chi connectivity index (χ0n) is 11.4. The van der Waals surface area contributed by atoms with Gasteiger partial charge in [0, 0.05) is 10.6 Å². The minimum absolute atomic E-state index is 0.0449. The maximum absolute atomic E-state index is 12.5. The molecule has 0 radical (unpaired) electrons. The average molecular weight is 321 g/mol. The lowest BCUT2D eigenvalue weighted by Crippen LogP contribution is -2.28. The lowest BCUT2D eigenvalue weighted by molar-refractivity contribution is 0.553. The average Bonchev–Trinajstić information content (AvgIpc) is 2.98. The standard InChI is InChI=1S/C14H15N3O2S2/c1-2-12(13-4-3-7-20-13)17-21(18,19)14-6-5-11(16)8-10(14)9-15/h3-8,12,17H,2,16H2,1H3. The number of hydrogen-bond acceptors (Lipinski definition) is 5. The van der Waals surface area contributed by atoms with Gasteiger partial charge >= 0.3 is 0 Å². The molecular weight excluding hydrogens is 306 g/mol. The molecule has 110 valence electrons. The van der Waals surface area contributed by atoms with E-state index in [9.17, 15) is 8.42 Å². The van der Waals surface area contributed by atoms with Crippen LogP contribution in [-0.2, 0) is 10.0 Å². The van der Waals surface area contributed by atoms with Crippen LogP contribution < -0.4 is 10.5 Å². The molecular formula is C14H15N3O2S2. The molecule has 0 saturated carbocycles. The van der Waals surface area contributed by atoms with E-state index in [1.807, 2.05) is 30.5 Å². The number of thiophene rings is 1. The summed E-state index contributed by atoms with van der Waals surface area (Å²) in [5.41, 5.74) is 5.99. The first-order valence-corrected chi connectivity index (χ1v) is 8.69. The number of sulfonamides is 1. The fourth-order valence-electron chi connectivity index (χ4n) is 1.95. The lowest BCUT2D eigenvalue weighted by atomic mass is 10.2. The predicted octanol–water partition coefficient (Wildman–Crippen LogP) is 2.63. The van der Waals surface area contributed by atoms with Crippen LogP contribution in [0.4, 0.5) is 5.69 Å². The van der Waals surface area contributed by atoms with E-state index in [-0.39, 0.29) is 16.5 Å². The number of rotatable bonds is 5. The van der Waals surface area contributed by atoms with E-state index < -0.39 is 10.0 Å². The van der Waals surface area contributed by atoms with Gasteiger partial charge in [0.25, 0.3) is 0 Å². The Bertz CT molecular complexity index is 762. The van der Waals surface area contributed by atoms with Crippen molar-refractivity contribution in [3.63, 3.8) is 0 Å². The molecule has 0 aliphatic heterocycles. The Morgan fingerprint density at radius 2 is 2.19 bits per heavy atom. The van der Waals surface area contributed by atoms with Crippen molar-refractivity contribution in [1.82, 2.24) is 4.72 Å². The number of nitrogen functional groups attached to an aromatic ring is 1. The molecule has 0 spiro atoms. The van der Waals surface area contributed by atoms with E-state index >= 15 is 0 Å².